The smallest absolute Gasteiger partial charge is 0.355 e. The maximum atomic E-state index is 12.5. The van der Waals surface area contributed by atoms with Gasteiger partial charge in [0.05, 0.1) is 18.8 Å². The van der Waals surface area contributed by atoms with Crippen molar-refractivity contribution in [1.29, 1.82) is 0 Å². The van der Waals surface area contributed by atoms with Crippen LogP contribution in [-0.2, 0) is 14.3 Å². The van der Waals surface area contributed by atoms with E-state index in [-0.39, 0.29) is 11.8 Å². The first-order valence-electron chi connectivity index (χ1n) is 9.20. The molecule has 0 aliphatic rings. The largest absolute Gasteiger partial charge is 0.497 e. The zero-order chi connectivity index (χ0) is 21.7. The summed E-state index contributed by atoms with van der Waals surface area (Å²) in [4.78, 5) is 39.9. The van der Waals surface area contributed by atoms with E-state index in [1.165, 1.54) is 6.92 Å². The summed E-state index contributed by atoms with van der Waals surface area (Å²) in [5, 5.41) is 2.66. The molecule has 0 saturated carbocycles. The second-order valence-electron chi connectivity index (χ2n) is 6.84. The van der Waals surface area contributed by atoms with Gasteiger partial charge in [0.25, 0.3) is 5.91 Å². The number of esters is 2. The summed E-state index contributed by atoms with van der Waals surface area (Å²) in [5.41, 5.74) is 1.86. The van der Waals surface area contributed by atoms with Gasteiger partial charge >= 0.3 is 11.9 Å². The van der Waals surface area contributed by atoms with Crippen molar-refractivity contribution in [2.75, 3.05) is 12.4 Å². The molecule has 2 rings (SSSR count). The molecule has 0 spiro atoms. The van der Waals surface area contributed by atoms with E-state index in [2.05, 4.69) is 10.3 Å². The summed E-state index contributed by atoms with van der Waals surface area (Å²) < 4.78 is 15.5. The number of rotatable bonds is 7. The van der Waals surface area contributed by atoms with Crippen molar-refractivity contribution >= 4 is 23.5 Å². The highest BCUT2D eigenvalue weighted by atomic mass is 16.6. The Morgan fingerprint density at radius 1 is 0.966 bits per heavy atom. The van der Waals surface area contributed by atoms with E-state index in [1.54, 1.807) is 59.1 Å². The normalized spacial score (nSPS) is 11.7. The molecule has 0 unspecified atom stereocenters. The molecule has 0 aliphatic carbocycles. The van der Waals surface area contributed by atoms with Gasteiger partial charge in [-0.3, -0.25) is 4.79 Å². The fourth-order valence-corrected chi connectivity index (χ4v) is 2.72. The quantitative estimate of drug-likeness (QED) is 0.688. The fourth-order valence-electron chi connectivity index (χ4n) is 2.72. The van der Waals surface area contributed by atoms with E-state index < -0.39 is 23.9 Å². The third-order valence-electron chi connectivity index (χ3n) is 4.20. The zero-order valence-corrected chi connectivity index (χ0v) is 17.4. The number of aryl methyl sites for hydroxylation is 1. The number of H-pyrrole nitrogens is 1. The summed E-state index contributed by atoms with van der Waals surface area (Å²) in [6.07, 6.45) is -1.33. The van der Waals surface area contributed by atoms with Crippen LogP contribution in [0.1, 0.15) is 52.9 Å². The van der Waals surface area contributed by atoms with Gasteiger partial charge in [0, 0.05) is 11.4 Å². The van der Waals surface area contributed by atoms with Crippen molar-refractivity contribution < 1.29 is 28.6 Å². The minimum absolute atomic E-state index is 0.113. The lowest BCUT2D eigenvalue weighted by atomic mass is 10.1. The molecule has 0 bridgehead atoms. The second-order valence-corrected chi connectivity index (χ2v) is 6.84. The maximum Gasteiger partial charge on any atom is 0.355 e. The Morgan fingerprint density at radius 2 is 1.59 bits per heavy atom. The van der Waals surface area contributed by atoms with E-state index in [0.29, 0.717) is 28.3 Å². The first kappa shape index (κ1) is 22.0. The summed E-state index contributed by atoms with van der Waals surface area (Å²) in [7, 11) is 1.55. The van der Waals surface area contributed by atoms with Crippen LogP contribution in [0, 0.1) is 13.8 Å². The lowest BCUT2D eigenvalue weighted by molar-refractivity contribution is -0.123. The topological polar surface area (TPSA) is 107 Å². The van der Waals surface area contributed by atoms with Crippen LogP contribution in [0.4, 0.5) is 5.69 Å². The molecule has 1 aromatic carbocycles. The first-order chi connectivity index (χ1) is 13.6. The van der Waals surface area contributed by atoms with Gasteiger partial charge in [0.15, 0.2) is 6.10 Å². The Kier molecular flexibility index (Phi) is 7.03. The summed E-state index contributed by atoms with van der Waals surface area (Å²) in [6.45, 7) is 8.25. The average molecular weight is 402 g/mol. The zero-order valence-electron chi connectivity index (χ0n) is 17.4. The molecule has 2 aromatic rings. The predicted molar refractivity (Wildman–Crippen MR) is 107 cm³/mol. The number of benzene rings is 1. The fraction of sp³-hybridized carbons (Fsp3) is 0.381. The van der Waals surface area contributed by atoms with Gasteiger partial charge in [0.2, 0.25) is 0 Å². The van der Waals surface area contributed by atoms with E-state index in [9.17, 15) is 14.4 Å². The van der Waals surface area contributed by atoms with Gasteiger partial charge in [-0.25, -0.2) is 9.59 Å². The molecule has 156 valence electrons. The van der Waals surface area contributed by atoms with Gasteiger partial charge in [-0.05, 0) is 64.4 Å². The summed E-state index contributed by atoms with van der Waals surface area (Å²) in [5.74, 6) is -1.07. The highest BCUT2D eigenvalue weighted by Gasteiger charge is 2.27. The number of ether oxygens (including phenoxy) is 3. The molecule has 1 atom stereocenters. The third kappa shape index (κ3) is 5.37. The number of methoxy groups -OCH3 is 1. The molecule has 8 heteroatoms. The van der Waals surface area contributed by atoms with Gasteiger partial charge in [0.1, 0.15) is 11.4 Å². The number of nitrogens with one attached hydrogen (secondary N) is 2. The Bertz CT molecular complexity index is 899. The van der Waals surface area contributed by atoms with Crippen LogP contribution in [0.2, 0.25) is 0 Å². The molecule has 8 nitrogen and oxygen atoms in total. The Hall–Kier alpha value is -3.29. The van der Waals surface area contributed by atoms with E-state index >= 15 is 0 Å². The highest BCUT2D eigenvalue weighted by molar-refractivity contribution is 6.00. The molecular weight excluding hydrogens is 376 g/mol. The van der Waals surface area contributed by atoms with Crippen LogP contribution in [0.5, 0.6) is 5.75 Å². The molecule has 0 saturated heterocycles. The standard InChI is InChI=1S/C21H26N2O6/c1-11(2)28-20(25)17-12(3)18(22-13(17)4)21(26)29-14(5)19(24)23-15-7-9-16(27-6)10-8-15/h7-11,14,22H,1-6H3,(H,23,24)/t14-/m1/s1. The van der Waals surface area contributed by atoms with Crippen LogP contribution in [0.15, 0.2) is 24.3 Å². The lowest BCUT2D eigenvalue weighted by Gasteiger charge is -2.14. The van der Waals surface area contributed by atoms with Gasteiger partial charge in [-0.2, -0.15) is 0 Å². The number of hydrogen-bond donors (Lipinski definition) is 2. The van der Waals surface area contributed by atoms with E-state index in [0.717, 1.165) is 0 Å². The Balaban J connectivity index is 2.06. The number of anilines is 1. The SMILES string of the molecule is COc1ccc(NC(=O)[C@@H](C)OC(=O)c2[nH]c(C)c(C(=O)OC(C)C)c2C)cc1. The van der Waals surface area contributed by atoms with Crippen molar-refractivity contribution in [3.8, 4) is 5.75 Å². The van der Waals surface area contributed by atoms with Gasteiger partial charge < -0.3 is 24.5 Å². The molecular formula is C21H26N2O6. The van der Waals surface area contributed by atoms with Crippen molar-refractivity contribution in [2.24, 2.45) is 0 Å². The lowest BCUT2D eigenvalue weighted by Crippen LogP contribution is -2.30. The molecule has 0 fully saturated rings. The van der Waals surface area contributed by atoms with Crippen molar-refractivity contribution in [1.82, 2.24) is 4.98 Å². The third-order valence-corrected chi connectivity index (χ3v) is 4.20. The number of amides is 1. The molecule has 1 aromatic heterocycles. The van der Waals surface area contributed by atoms with Crippen LogP contribution in [-0.4, -0.2) is 42.1 Å². The minimum atomic E-state index is -1.04. The number of aromatic amines is 1. The second kappa shape index (κ2) is 9.27. The Morgan fingerprint density at radius 3 is 2.14 bits per heavy atom. The first-order valence-corrected chi connectivity index (χ1v) is 9.20. The van der Waals surface area contributed by atoms with Gasteiger partial charge in [-0.1, -0.05) is 0 Å². The van der Waals surface area contributed by atoms with Crippen LogP contribution in [0.3, 0.4) is 0 Å². The molecule has 1 amide bonds. The summed E-state index contributed by atoms with van der Waals surface area (Å²) >= 11 is 0. The number of hydrogen-bond acceptors (Lipinski definition) is 6. The molecule has 0 aliphatic heterocycles. The minimum Gasteiger partial charge on any atom is -0.497 e. The average Bonchev–Trinajstić information content (AvgIpc) is 2.96. The molecule has 29 heavy (non-hydrogen) atoms. The number of aromatic nitrogens is 1. The maximum absolute atomic E-state index is 12.5. The highest BCUT2D eigenvalue weighted by Crippen LogP contribution is 2.21. The molecule has 1 heterocycles. The van der Waals surface area contributed by atoms with Crippen LogP contribution in [0.25, 0.3) is 0 Å². The Labute approximate surface area is 169 Å². The van der Waals surface area contributed by atoms with E-state index in [4.69, 9.17) is 14.2 Å². The van der Waals surface area contributed by atoms with Crippen molar-refractivity contribution in [3.05, 3.63) is 46.8 Å². The van der Waals surface area contributed by atoms with Crippen LogP contribution >= 0.6 is 0 Å². The summed E-state index contributed by atoms with van der Waals surface area (Å²) in [6, 6.07) is 6.76. The number of carbonyl (C=O) groups excluding carboxylic acids is 3. The molecule has 2 N–H and O–H groups in total. The molecule has 0 radical (unpaired) electrons. The number of carbonyl (C=O) groups is 3. The van der Waals surface area contributed by atoms with Crippen LogP contribution < -0.4 is 10.1 Å². The predicted octanol–water partition coefficient (Wildman–Crippen LogP) is 3.39. The van der Waals surface area contributed by atoms with E-state index in [1.807, 2.05) is 0 Å². The monoisotopic (exact) mass is 402 g/mol. The van der Waals surface area contributed by atoms with Crippen molar-refractivity contribution in [2.45, 2.75) is 46.8 Å². The van der Waals surface area contributed by atoms with Crippen molar-refractivity contribution in [3.63, 3.8) is 0 Å². The van der Waals surface area contributed by atoms with Gasteiger partial charge in [-0.15, -0.1) is 0 Å².